The monoisotopic (exact) mass is 303 g/mol. The second kappa shape index (κ2) is 6.30. The Morgan fingerprint density at radius 2 is 2.00 bits per heavy atom. The Morgan fingerprint density at radius 1 is 1.24 bits per heavy atom. The molecule has 0 unspecified atom stereocenters. The summed E-state index contributed by atoms with van der Waals surface area (Å²) < 4.78 is 38.7. The maximum absolute atomic E-state index is 12.6. The summed E-state index contributed by atoms with van der Waals surface area (Å²) in [6.45, 7) is 2.10. The van der Waals surface area contributed by atoms with Gasteiger partial charge in [0.15, 0.2) is 0 Å². The van der Waals surface area contributed by atoms with Gasteiger partial charge < -0.3 is 14.8 Å². The topological polar surface area (TPSA) is 54.3 Å². The van der Waals surface area contributed by atoms with E-state index in [1.54, 1.807) is 4.90 Å². The maximum Gasteiger partial charge on any atom is 0.417 e. The number of carbonyl (C=O) groups is 1. The molecule has 2 rings (SSSR count). The Labute approximate surface area is 119 Å². The maximum atomic E-state index is 12.6. The van der Waals surface area contributed by atoms with Crippen LogP contribution in [0.4, 0.5) is 13.2 Å². The number of aromatic nitrogens is 1. The van der Waals surface area contributed by atoms with Gasteiger partial charge in [0, 0.05) is 31.9 Å². The molecule has 0 radical (unpaired) electrons. The highest BCUT2D eigenvalue weighted by atomic mass is 19.4. The van der Waals surface area contributed by atoms with Crippen molar-refractivity contribution in [1.82, 2.24) is 14.8 Å². The minimum Gasteiger partial charge on any atom is -0.340 e. The molecule has 116 valence electrons. The second-order valence-corrected chi connectivity index (χ2v) is 4.87. The fourth-order valence-corrected chi connectivity index (χ4v) is 2.16. The van der Waals surface area contributed by atoms with E-state index in [9.17, 15) is 22.8 Å². The standard InChI is InChI=1S/C13H16F3N3O2/c14-13(15,16)10-2-3-11(20)19(8-10)9-12(21)18-6-1-4-17-5-7-18/h2-3,8,17H,1,4-7,9H2. The first-order valence-corrected chi connectivity index (χ1v) is 6.64. The zero-order chi connectivity index (χ0) is 15.5. The fourth-order valence-electron chi connectivity index (χ4n) is 2.16. The molecule has 1 amide bonds. The molecule has 1 aromatic rings. The molecular weight excluding hydrogens is 287 g/mol. The van der Waals surface area contributed by atoms with Crippen LogP contribution >= 0.6 is 0 Å². The highest BCUT2D eigenvalue weighted by Crippen LogP contribution is 2.27. The number of halogens is 3. The summed E-state index contributed by atoms with van der Waals surface area (Å²) in [4.78, 5) is 25.2. The van der Waals surface area contributed by atoms with E-state index in [0.29, 0.717) is 25.8 Å². The lowest BCUT2D eigenvalue weighted by Crippen LogP contribution is -2.38. The predicted molar refractivity (Wildman–Crippen MR) is 69.8 cm³/mol. The molecule has 1 N–H and O–H groups in total. The van der Waals surface area contributed by atoms with Gasteiger partial charge in [0.05, 0.1) is 5.56 Å². The molecule has 21 heavy (non-hydrogen) atoms. The third kappa shape index (κ3) is 4.07. The molecule has 5 nitrogen and oxygen atoms in total. The molecule has 1 aliphatic heterocycles. The number of pyridine rings is 1. The first kappa shape index (κ1) is 15.6. The normalized spacial score (nSPS) is 16.6. The highest BCUT2D eigenvalue weighted by molar-refractivity contribution is 5.76. The molecule has 2 heterocycles. The van der Waals surface area contributed by atoms with Crippen LogP contribution in [-0.4, -0.2) is 41.6 Å². The molecule has 0 aliphatic carbocycles. The summed E-state index contributed by atoms with van der Waals surface area (Å²) in [5.74, 6) is -0.347. The Kier molecular flexibility index (Phi) is 4.66. The van der Waals surface area contributed by atoms with Gasteiger partial charge in [0.1, 0.15) is 6.54 Å². The van der Waals surface area contributed by atoms with Crippen molar-refractivity contribution >= 4 is 5.91 Å². The van der Waals surface area contributed by atoms with Crippen molar-refractivity contribution in [1.29, 1.82) is 0 Å². The third-order valence-electron chi connectivity index (χ3n) is 3.31. The average molecular weight is 303 g/mol. The van der Waals surface area contributed by atoms with E-state index in [4.69, 9.17) is 0 Å². The van der Waals surface area contributed by atoms with Gasteiger partial charge in [-0.2, -0.15) is 13.2 Å². The molecule has 0 bridgehead atoms. The van der Waals surface area contributed by atoms with Gasteiger partial charge in [0.25, 0.3) is 5.56 Å². The molecule has 0 atom stereocenters. The van der Waals surface area contributed by atoms with Crippen LogP contribution in [0.3, 0.4) is 0 Å². The third-order valence-corrected chi connectivity index (χ3v) is 3.31. The van der Waals surface area contributed by atoms with Crippen molar-refractivity contribution < 1.29 is 18.0 Å². The Bertz CT molecular complexity index is 561. The van der Waals surface area contributed by atoms with Gasteiger partial charge in [-0.3, -0.25) is 9.59 Å². The average Bonchev–Trinajstić information content (AvgIpc) is 2.68. The number of carbonyl (C=O) groups excluding carboxylic acids is 1. The summed E-state index contributed by atoms with van der Waals surface area (Å²) in [6, 6.07) is 1.55. The van der Waals surface area contributed by atoms with Crippen molar-refractivity contribution in [2.75, 3.05) is 26.2 Å². The van der Waals surface area contributed by atoms with Gasteiger partial charge in [-0.25, -0.2) is 0 Å². The number of rotatable bonds is 2. The van der Waals surface area contributed by atoms with E-state index in [1.165, 1.54) is 0 Å². The Balaban J connectivity index is 2.14. The molecule has 1 aliphatic rings. The molecular formula is C13H16F3N3O2. The number of alkyl halides is 3. The van der Waals surface area contributed by atoms with Crippen LogP contribution in [0.2, 0.25) is 0 Å². The fraction of sp³-hybridized carbons (Fsp3) is 0.538. The van der Waals surface area contributed by atoms with Crippen LogP contribution < -0.4 is 10.9 Å². The number of nitrogens with zero attached hydrogens (tertiary/aromatic N) is 2. The van der Waals surface area contributed by atoms with Crippen LogP contribution in [-0.2, 0) is 17.5 Å². The summed E-state index contributed by atoms with van der Waals surface area (Å²) in [5.41, 5.74) is -1.56. The van der Waals surface area contributed by atoms with Crippen LogP contribution in [0.1, 0.15) is 12.0 Å². The van der Waals surface area contributed by atoms with Gasteiger partial charge in [-0.1, -0.05) is 0 Å². The SMILES string of the molecule is O=C(Cn1cc(C(F)(F)F)ccc1=O)N1CCCNCC1. The minimum atomic E-state index is -4.54. The largest absolute Gasteiger partial charge is 0.417 e. The van der Waals surface area contributed by atoms with E-state index < -0.39 is 17.3 Å². The number of hydrogen-bond donors (Lipinski definition) is 1. The number of nitrogens with one attached hydrogen (secondary N) is 1. The second-order valence-electron chi connectivity index (χ2n) is 4.87. The predicted octanol–water partition coefficient (Wildman–Crippen LogP) is 0.689. The van der Waals surface area contributed by atoms with Crippen LogP contribution in [0.25, 0.3) is 0 Å². The van der Waals surface area contributed by atoms with Gasteiger partial charge >= 0.3 is 6.18 Å². The van der Waals surface area contributed by atoms with Crippen molar-refractivity contribution in [3.8, 4) is 0 Å². The lowest BCUT2D eigenvalue weighted by Gasteiger charge is -2.20. The van der Waals surface area contributed by atoms with E-state index in [0.717, 1.165) is 29.7 Å². The Hall–Kier alpha value is -1.83. The van der Waals surface area contributed by atoms with Gasteiger partial charge in [0.2, 0.25) is 5.91 Å². The summed E-state index contributed by atoms with van der Waals surface area (Å²) >= 11 is 0. The molecule has 8 heteroatoms. The lowest BCUT2D eigenvalue weighted by atomic mass is 10.2. The first-order chi connectivity index (χ1) is 9.88. The van der Waals surface area contributed by atoms with Gasteiger partial charge in [-0.05, 0) is 19.0 Å². The molecule has 1 fully saturated rings. The van der Waals surface area contributed by atoms with Gasteiger partial charge in [-0.15, -0.1) is 0 Å². The van der Waals surface area contributed by atoms with Crippen molar-refractivity contribution in [3.63, 3.8) is 0 Å². The first-order valence-electron chi connectivity index (χ1n) is 6.64. The minimum absolute atomic E-state index is 0.347. The van der Waals surface area contributed by atoms with Crippen LogP contribution in [0, 0.1) is 0 Å². The molecule has 0 spiro atoms. The number of hydrogen-bond acceptors (Lipinski definition) is 3. The van der Waals surface area contributed by atoms with Crippen molar-refractivity contribution in [3.05, 3.63) is 34.2 Å². The van der Waals surface area contributed by atoms with Crippen LogP contribution in [0.5, 0.6) is 0 Å². The summed E-state index contributed by atoms with van der Waals surface area (Å²) in [7, 11) is 0. The zero-order valence-electron chi connectivity index (χ0n) is 11.3. The van der Waals surface area contributed by atoms with E-state index in [2.05, 4.69) is 5.32 Å². The van der Waals surface area contributed by atoms with E-state index in [-0.39, 0.29) is 12.5 Å². The molecule has 0 aromatic carbocycles. The van der Waals surface area contributed by atoms with Crippen molar-refractivity contribution in [2.24, 2.45) is 0 Å². The smallest absolute Gasteiger partial charge is 0.340 e. The molecule has 1 aromatic heterocycles. The van der Waals surface area contributed by atoms with Crippen LogP contribution in [0.15, 0.2) is 23.1 Å². The molecule has 1 saturated heterocycles. The quantitative estimate of drug-likeness (QED) is 0.874. The summed E-state index contributed by atoms with van der Waals surface area (Å²) in [5, 5.41) is 3.13. The lowest BCUT2D eigenvalue weighted by molar-refractivity contribution is -0.138. The summed E-state index contributed by atoms with van der Waals surface area (Å²) in [6.07, 6.45) is -3.06. The highest BCUT2D eigenvalue weighted by Gasteiger charge is 2.31. The van der Waals surface area contributed by atoms with Crippen molar-refractivity contribution in [2.45, 2.75) is 19.1 Å². The Morgan fingerprint density at radius 3 is 2.71 bits per heavy atom. The number of amides is 1. The molecule has 0 saturated carbocycles. The zero-order valence-corrected chi connectivity index (χ0v) is 11.3. The van der Waals surface area contributed by atoms with E-state index in [1.807, 2.05) is 0 Å². The van der Waals surface area contributed by atoms with E-state index >= 15 is 0 Å².